The molecule has 0 aliphatic heterocycles. The molecule has 0 radical (unpaired) electrons. The van der Waals surface area contributed by atoms with Crippen molar-refractivity contribution in [1.29, 1.82) is 0 Å². The van der Waals surface area contributed by atoms with E-state index in [-0.39, 0.29) is 0 Å². The van der Waals surface area contributed by atoms with Crippen LogP contribution in [-0.4, -0.2) is 30.0 Å². The Hall–Kier alpha value is -2.57. The van der Waals surface area contributed by atoms with E-state index in [0.29, 0.717) is 36.6 Å². The molecule has 0 bridgehead atoms. The summed E-state index contributed by atoms with van der Waals surface area (Å²) in [5.41, 5.74) is 1.16. The van der Waals surface area contributed by atoms with Gasteiger partial charge in [-0.2, -0.15) is 0 Å². The fourth-order valence-corrected chi connectivity index (χ4v) is 3.32. The van der Waals surface area contributed by atoms with Gasteiger partial charge in [0, 0.05) is 18.7 Å². The molecule has 156 valence electrons. The molecule has 3 aromatic rings. The Morgan fingerprint density at radius 3 is 2.76 bits per heavy atom. The highest BCUT2D eigenvalue weighted by atomic mass is 16.5. The van der Waals surface area contributed by atoms with E-state index >= 15 is 0 Å². The number of rotatable bonds is 9. The minimum absolute atomic E-state index is 0.356. The summed E-state index contributed by atoms with van der Waals surface area (Å²) in [5.74, 6) is 0.622. The Kier molecular flexibility index (Phi) is 6.45. The Morgan fingerprint density at radius 2 is 2.00 bits per heavy atom. The molecule has 0 saturated heterocycles. The maximum atomic E-state index is 11.5. The zero-order chi connectivity index (χ0) is 21.0. The van der Waals surface area contributed by atoms with Crippen LogP contribution < -0.4 is 10.4 Å². The van der Waals surface area contributed by atoms with Crippen molar-refractivity contribution in [3.63, 3.8) is 0 Å². The van der Waals surface area contributed by atoms with Crippen LogP contribution in [0.1, 0.15) is 40.5 Å². The van der Waals surface area contributed by atoms with E-state index in [4.69, 9.17) is 18.3 Å². The molecule has 29 heavy (non-hydrogen) atoms. The normalized spacial score (nSPS) is 13.9. The first-order chi connectivity index (χ1) is 13.8. The second-order valence-electron chi connectivity index (χ2n) is 7.66. The molecule has 0 unspecified atom stereocenters. The molecular weight excluding hydrogens is 372 g/mol. The molecule has 0 amide bonds. The van der Waals surface area contributed by atoms with Crippen LogP contribution in [0.3, 0.4) is 0 Å². The predicted octanol–water partition coefficient (Wildman–Crippen LogP) is 4.82. The van der Waals surface area contributed by atoms with Crippen molar-refractivity contribution in [3.8, 4) is 5.75 Å². The number of aliphatic hydroxyl groups excluding tert-OH is 1. The molecule has 0 fully saturated rings. The number of allylic oxidation sites excluding steroid dienone is 1. The molecular formula is C23H28O6. The fraction of sp³-hybridized carbons (Fsp3) is 0.435. The van der Waals surface area contributed by atoms with E-state index in [1.165, 1.54) is 6.07 Å². The molecule has 3 rings (SSSR count). The smallest absolute Gasteiger partial charge is 0.336 e. The van der Waals surface area contributed by atoms with Crippen LogP contribution in [0.4, 0.5) is 0 Å². The van der Waals surface area contributed by atoms with Crippen molar-refractivity contribution in [1.82, 2.24) is 0 Å². The van der Waals surface area contributed by atoms with Crippen molar-refractivity contribution in [2.75, 3.05) is 13.2 Å². The van der Waals surface area contributed by atoms with E-state index in [1.54, 1.807) is 18.4 Å². The first-order valence-corrected chi connectivity index (χ1v) is 9.86. The zero-order valence-corrected chi connectivity index (χ0v) is 17.4. The van der Waals surface area contributed by atoms with E-state index in [9.17, 15) is 9.90 Å². The van der Waals surface area contributed by atoms with Gasteiger partial charge in [0.05, 0.1) is 28.7 Å². The summed E-state index contributed by atoms with van der Waals surface area (Å²) in [6.45, 7) is 8.66. The maximum Gasteiger partial charge on any atom is 0.336 e. The van der Waals surface area contributed by atoms with Gasteiger partial charge in [-0.1, -0.05) is 5.57 Å². The third kappa shape index (κ3) is 4.89. The summed E-state index contributed by atoms with van der Waals surface area (Å²) in [5, 5.41) is 11.9. The number of benzene rings is 1. The summed E-state index contributed by atoms with van der Waals surface area (Å²) in [6.07, 6.45) is 4.38. The number of hydrogen-bond acceptors (Lipinski definition) is 6. The Morgan fingerprint density at radius 1 is 1.24 bits per heavy atom. The minimum Gasteiger partial charge on any atom is -0.488 e. The van der Waals surface area contributed by atoms with Crippen molar-refractivity contribution in [3.05, 3.63) is 52.6 Å². The van der Waals surface area contributed by atoms with Gasteiger partial charge in [-0.25, -0.2) is 4.79 Å². The molecule has 6 nitrogen and oxygen atoms in total. The molecule has 2 heterocycles. The van der Waals surface area contributed by atoms with Gasteiger partial charge in [-0.3, -0.25) is 0 Å². The standard InChI is InChI=1S/C23H28O6/c1-5-28-23(3,4)20(24)8-6-15(2)10-12-27-22-16-7-9-21(25)29-19(16)14-18-17(22)11-13-26-18/h7,9-11,13-14,20,24H,5-6,8,12H2,1-4H3/t20-/m1/s1. The second-order valence-corrected chi connectivity index (χ2v) is 7.66. The number of aliphatic hydroxyl groups is 1. The third-order valence-corrected chi connectivity index (χ3v) is 5.10. The van der Waals surface area contributed by atoms with Crippen LogP contribution in [0.25, 0.3) is 21.9 Å². The van der Waals surface area contributed by atoms with Crippen LogP contribution in [0.2, 0.25) is 0 Å². The van der Waals surface area contributed by atoms with Crippen molar-refractivity contribution < 1.29 is 23.4 Å². The van der Waals surface area contributed by atoms with E-state index in [2.05, 4.69) is 0 Å². The highest BCUT2D eigenvalue weighted by Crippen LogP contribution is 2.35. The van der Waals surface area contributed by atoms with E-state index in [0.717, 1.165) is 22.8 Å². The fourth-order valence-electron chi connectivity index (χ4n) is 3.32. The van der Waals surface area contributed by atoms with Crippen LogP contribution in [0, 0.1) is 0 Å². The minimum atomic E-state index is -0.564. The summed E-state index contributed by atoms with van der Waals surface area (Å²) < 4.78 is 22.4. The molecule has 1 aromatic carbocycles. The van der Waals surface area contributed by atoms with Gasteiger partial charge in [0.25, 0.3) is 0 Å². The molecule has 0 aliphatic carbocycles. The summed E-state index contributed by atoms with van der Waals surface area (Å²) in [7, 11) is 0. The highest BCUT2D eigenvalue weighted by molar-refractivity contribution is 6.01. The van der Waals surface area contributed by atoms with Gasteiger partial charge in [0.2, 0.25) is 0 Å². The first-order valence-electron chi connectivity index (χ1n) is 9.86. The largest absolute Gasteiger partial charge is 0.488 e. The van der Waals surface area contributed by atoms with Crippen LogP contribution in [-0.2, 0) is 4.74 Å². The van der Waals surface area contributed by atoms with Crippen LogP contribution >= 0.6 is 0 Å². The van der Waals surface area contributed by atoms with E-state index < -0.39 is 17.3 Å². The second kappa shape index (κ2) is 8.84. The van der Waals surface area contributed by atoms with Crippen molar-refractivity contribution >= 4 is 21.9 Å². The number of fused-ring (bicyclic) bond motifs is 2. The molecule has 0 spiro atoms. The third-order valence-electron chi connectivity index (χ3n) is 5.10. The molecule has 1 N–H and O–H groups in total. The average molecular weight is 400 g/mol. The summed E-state index contributed by atoms with van der Waals surface area (Å²) >= 11 is 0. The predicted molar refractivity (Wildman–Crippen MR) is 112 cm³/mol. The van der Waals surface area contributed by atoms with Gasteiger partial charge < -0.3 is 23.4 Å². The van der Waals surface area contributed by atoms with Gasteiger partial charge in [0.1, 0.15) is 23.5 Å². The lowest BCUT2D eigenvalue weighted by atomic mass is 9.95. The quantitative estimate of drug-likeness (QED) is 0.410. The lowest BCUT2D eigenvalue weighted by Gasteiger charge is -2.30. The Labute approximate surface area is 169 Å². The average Bonchev–Trinajstić information content (AvgIpc) is 3.13. The van der Waals surface area contributed by atoms with Crippen LogP contribution in [0.5, 0.6) is 5.75 Å². The van der Waals surface area contributed by atoms with Gasteiger partial charge in [0.15, 0.2) is 0 Å². The lowest BCUT2D eigenvalue weighted by Crippen LogP contribution is -2.39. The zero-order valence-electron chi connectivity index (χ0n) is 17.4. The molecule has 6 heteroatoms. The summed E-state index contributed by atoms with van der Waals surface area (Å²) in [6, 6.07) is 6.61. The molecule has 0 aliphatic rings. The maximum absolute atomic E-state index is 11.5. The van der Waals surface area contributed by atoms with Crippen LogP contribution in [0.15, 0.2) is 55.8 Å². The molecule has 2 aromatic heterocycles. The number of ether oxygens (including phenoxy) is 2. The molecule has 1 atom stereocenters. The molecule has 0 saturated carbocycles. The number of hydrogen-bond donors (Lipinski definition) is 1. The van der Waals surface area contributed by atoms with E-state index in [1.807, 2.05) is 39.8 Å². The summed E-state index contributed by atoms with van der Waals surface area (Å²) in [4.78, 5) is 11.5. The lowest BCUT2D eigenvalue weighted by molar-refractivity contribution is -0.0983. The van der Waals surface area contributed by atoms with Gasteiger partial charge in [-0.15, -0.1) is 0 Å². The van der Waals surface area contributed by atoms with Gasteiger partial charge in [-0.05, 0) is 58.7 Å². The first kappa shape index (κ1) is 21.1. The van der Waals surface area contributed by atoms with Gasteiger partial charge >= 0.3 is 5.63 Å². The van der Waals surface area contributed by atoms with Crippen molar-refractivity contribution in [2.45, 2.75) is 52.2 Å². The van der Waals surface area contributed by atoms with Crippen molar-refractivity contribution in [2.24, 2.45) is 0 Å². The Bertz CT molecular complexity index is 1060. The Balaban J connectivity index is 1.70. The highest BCUT2D eigenvalue weighted by Gasteiger charge is 2.27. The SMILES string of the molecule is CCOC(C)(C)[C@H](O)CCC(C)=CCOc1c2ccoc2cc2oc(=O)ccc12. The number of furan rings is 1. The topological polar surface area (TPSA) is 82.0 Å². The monoisotopic (exact) mass is 400 g/mol.